The molecule has 2 amide bonds. The number of anilines is 1. The molecule has 7 rings (SSSR count). The number of hydrogen-bond acceptors (Lipinski definition) is 9. The van der Waals surface area contributed by atoms with E-state index >= 15 is 0 Å². The highest BCUT2D eigenvalue weighted by atomic mass is 16.6. The van der Waals surface area contributed by atoms with Gasteiger partial charge in [-0.2, -0.15) is 0 Å². The Morgan fingerprint density at radius 2 is 1.67 bits per heavy atom. The first-order valence-electron chi connectivity index (χ1n) is 18.2. The average Bonchev–Trinajstić information content (AvgIpc) is 3.87. The van der Waals surface area contributed by atoms with E-state index in [1.54, 1.807) is 19.6 Å². The zero-order chi connectivity index (χ0) is 33.7. The van der Waals surface area contributed by atoms with Gasteiger partial charge in [-0.1, -0.05) is 0 Å². The van der Waals surface area contributed by atoms with Crippen molar-refractivity contribution in [3.8, 4) is 17.0 Å². The molecule has 1 N–H and O–H groups in total. The van der Waals surface area contributed by atoms with Gasteiger partial charge >= 0.3 is 6.09 Å². The van der Waals surface area contributed by atoms with Gasteiger partial charge < -0.3 is 23.9 Å². The largest absolute Gasteiger partial charge is 0.495 e. The van der Waals surface area contributed by atoms with Crippen molar-refractivity contribution in [1.29, 1.82) is 0 Å². The fraction of sp³-hybridized carbons (Fsp3) is 0.605. The van der Waals surface area contributed by atoms with Gasteiger partial charge in [0.15, 0.2) is 5.89 Å². The zero-order valence-electron chi connectivity index (χ0n) is 28.8. The van der Waals surface area contributed by atoms with E-state index < -0.39 is 0 Å². The monoisotopic (exact) mass is 671 g/mol. The number of hydrogen-bond donors (Lipinski definition) is 1. The third-order valence-electron chi connectivity index (χ3n) is 10.9. The molecule has 1 saturated heterocycles. The second kappa shape index (κ2) is 15.3. The Morgan fingerprint density at radius 3 is 2.39 bits per heavy atom. The summed E-state index contributed by atoms with van der Waals surface area (Å²) < 4.78 is 22.4. The van der Waals surface area contributed by atoms with Crippen molar-refractivity contribution in [3.05, 3.63) is 54.0 Å². The fourth-order valence-corrected chi connectivity index (χ4v) is 7.71. The lowest BCUT2D eigenvalue weighted by atomic mass is 9.79. The molecule has 262 valence electrons. The number of nitrogens with one attached hydrogen (secondary N) is 1. The van der Waals surface area contributed by atoms with E-state index in [2.05, 4.69) is 11.4 Å². The number of ether oxygens (including phenoxy) is 3. The number of methoxy groups -OCH3 is 1. The Morgan fingerprint density at radius 1 is 0.918 bits per heavy atom. The highest BCUT2D eigenvalue weighted by Gasteiger charge is 2.35. The van der Waals surface area contributed by atoms with Crippen molar-refractivity contribution in [3.63, 3.8) is 0 Å². The molecule has 0 atom stereocenters. The molecule has 0 bridgehead atoms. The molecule has 0 aromatic carbocycles. The molecule has 11 nitrogen and oxygen atoms in total. The van der Waals surface area contributed by atoms with Crippen molar-refractivity contribution in [2.75, 3.05) is 31.8 Å². The van der Waals surface area contributed by atoms with Crippen LogP contribution in [0.4, 0.5) is 10.6 Å². The SMILES string of the molecule is COc1ccc(C2CCC(CN(C(=O)C3CCC(OC(=O)NC4CCOCC4)CC3)c3cc(-c4coc(C5CC5)n4)ccn3)CC2)nc1C. The van der Waals surface area contributed by atoms with Gasteiger partial charge in [0, 0.05) is 61.0 Å². The number of carbonyl (C=O) groups is 2. The molecule has 0 spiro atoms. The molecule has 3 aromatic rings. The summed E-state index contributed by atoms with van der Waals surface area (Å²) in [6, 6.07) is 8.13. The predicted molar refractivity (Wildman–Crippen MR) is 183 cm³/mol. The Labute approximate surface area is 288 Å². The van der Waals surface area contributed by atoms with Gasteiger partial charge in [-0.15, -0.1) is 0 Å². The Bertz CT molecular complexity index is 1580. The first kappa shape index (κ1) is 33.5. The molecular formula is C38H49N5O6. The average molecular weight is 672 g/mol. The maximum Gasteiger partial charge on any atom is 0.407 e. The van der Waals surface area contributed by atoms with Gasteiger partial charge in [0.25, 0.3) is 0 Å². The number of alkyl carbamates (subject to hydrolysis) is 1. The highest BCUT2D eigenvalue weighted by molar-refractivity contribution is 5.94. The van der Waals surface area contributed by atoms with Crippen LogP contribution in [0.1, 0.15) is 106 Å². The quantitative estimate of drug-likeness (QED) is 0.240. The van der Waals surface area contributed by atoms with Gasteiger partial charge in [0.2, 0.25) is 5.91 Å². The van der Waals surface area contributed by atoms with Crippen LogP contribution in [0.15, 0.2) is 41.1 Å². The first-order chi connectivity index (χ1) is 23.9. The summed E-state index contributed by atoms with van der Waals surface area (Å²) >= 11 is 0. The Kier molecular flexibility index (Phi) is 10.4. The summed E-state index contributed by atoms with van der Waals surface area (Å²) in [5.41, 5.74) is 3.71. The predicted octanol–water partition coefficient (Wildman–Crippen LogP) is 7.10. The van der Waals surface area contributed by atoms with Gasteiger partial charge in [-0.05, 0) is 114 Å². The molecule has 4 aliphatic rings. The topological polar surface area (TPSA) is 129 Å². The van der Waals surface area contributed by atoms with Gasteiger partial charge in [-0.25, -0.2) is 14.8 Å². The Hall–Kier alpha value is -3.99. The number of aryl methyl sites for hydroxylation is 1. The minimum absolute atomic E-state index is 0.0974. The molecule has 3 aromatic heterocycles. The van der Waals surface area contributed by atoms with Crippen LogP contribution in [0.3, 0.4) is 0 Å². The molecular weight excluding hydrogens is 622 g/mol. The van der Waals surface area contributed by atoms with Crippen molar-refractivity contribution < 1.29 is 28.2 Å². The normalized spacial score (nSPS) is 24.6. The van der Waals surface area contributed by atoms with E-state index in [1.165, 1.54) is 0 Å². The highest BCUT2D eigenvalue weighted by Crippen LogP contribution is 2.41. The molecule has 1 aliphatic heterocycles. The second-order valence-electron chi connectivity index (χ2n) is 14.3. The van der Waals surface area contributed by atoms with Crippen LogP contribution < -0.4 is 15.0 Å². The smallest absolute Gasteiger partial charge is 0.407 e. The molecule has 4 heterocycles. The van der Waals surface area contributed by atoms with Crippen molar-refractivity contribution in [1.82, 2.24) is 20.3 Å². The van der Waals surface area contributed by atoms with E-state index in [9.17, 15) is 9.59 Å². The van der Waals surface area contributed by atoms with Crippen LogP contribution in [-0.2, 0) is 14.3 Å². The minimum atomic E-state index is -0.363. The molecule has 3 aliphatic carbocycles. The lowest BCUT2D eigenvalue weighted by Crippen LogP contribution is -2.43. The van der Waals surface area contributed by atoms with Gasteiger partial charge in [0.1, 0.15) is 29.6 Å². The number of amides is 2. The molecule has 3 saturated carbocycles. The summed E-state index contributed by atoms with van der Waals surface area (Å²) in [5, 5.41) is 2.99. The number of rotatable bonds is 10. The second-order valence-corrected chi connectivity index (χ2v) is 14.3. The van der Waals surface area contributed by atoms with Crippen molar-refractivity contribution in [2.45, 2.75) is 108 Å². The number of aromatic nitrogens is 3. The molecule has 49 heavy (non-hydrogen) atoms. The number of oxazole rings is 1. The van der Waals surface area contributed by atoms with Crippen LogP contribution in [-0.4, -0.2) is 66.0 Å². The summed E-state index contributed by atoms with van der Waals surface area (Å²) in [4.78, 5) is 43.2. The summed E-state index contributed by atoms with van der Waals surface area (Å²) in [7, 11) is 1.68. The number of carbonyl (C=O) groups excluding carboxylic acids is 2. The first-order valence-corrected chi connectivity index (χ1v) is 18.2. The zero-order valence-corrected chi connectivity index (χ0v) is 28.8. The minimum Gasteiger partial charge on any atom is -0.495 e. The maximum atomic E-state index is 14.4. The third-order valence-corrected chi connectivity index (χ3v) is 10.9. The van der Waals surface area contributed by atoms with Crippen molar-refractivity contribution >= 4 is 17.8 Å². The van der Waals surface area contributed by atoms with E-state index in [-0.39, 0.29) is 30.1 Å². The summed E-state index contributed by atoms with van der Waals surface area (Å²) in [6.07, 6.45) is 13.6. The lowest BCUT2D eigenvalue weighted by molar-refractivity contribution is -0.124. The number of pyridine rings is 2. The lowest BCUT2D eigenvalue weighted by Gasteiger charge is -2.35. The van der Waals surface area contributed by atoms with Crippen LogP contribution in [0, 0.1) is 18.8 Å². The molecule has 4 fully saturated rings. The Balaban J connectivity index is 1.02. The van der Waals surface area contributed by atoms with E-state index in [1.807, 2.05) is 30.0 Å². The van der Waals surface area contributed by atoms with Crippen LogP contribution in [0.5, 0.6) is 5.75 Å². The van der Waals surface area contributed by atoms with Crippen LogP contribution >= 0.6 is 0 Å². The fourth-order valence-electron chi connectivity index (χ4n) is 7.71. The molecule has 11 heteroatoms. The van der Waals surface area contributed by atoms with Crippen LogP contribution in [0.2, 0.25) is 0 Å². The van der Waals surface area contributed by atoms with Crippen LogP contribution in [0.25, 0.3) is 11.3 Å². The maximum absolute atomic E-state index is 14.4. The molecule has 0 radical (unpaired) electrons. The van der Waals surface area contributed by atoms with Gasteiger partial charge in [-0.3, -0.25) is 14.7 Å². The summed E-state index contributed by atoms with van der Waals surface area (Å²) in [5.74, 6) is 3.39. The van der Waals surface area contributed by atoms with E-state index in [0.29, 0.717) is 69.0 Å². The standard InChI is InChI=1S/C38H49N5O6/c1-24-34(46-2)14-13-32(40-24)26-5-3-25(4-6-26)22-43(35-21-29(15-18-39-35)33-23-48-36(42-33)27-7-8-27)37(44)28-9-11-31(12-10-28)49-38(45)41-30-16-19-47-20-17-30/h13-15,18,21,23,25-28,30-31H,3-12,16-17,19-20,22H2,1-2H3,(H,41,45). The van der Waals surface area contributed by atoms with Gasteiger partial charge in [0.05, 0.1) is 12.8 Å². The molecule has 0 unspecified atom stereocenters. The van der Waals surface area contributed by atoms with E-state index in [4.69, 9.17) is 33.6 Å². The van der Waals surface area contributed by atoms with Crippen molar-refractivity contribution in [2.24, 2.45) is 11.8 Å². The third kappa shape index (κ3) is 8.25. The number of nitrogens with zero attached hydrogens (tertiary/aromatic N) is 4. The summed E-state index contributed by atoms with van der Waals surface area (Å²) in [6.45, 7) is 3.93. The van der Waals surface area contributed by atoms with E-state index in [0.717, 1.165) is 85.7 Å².